The summed E-state index contributed by atoms with van der Waals surface area (Å²) < 4.78 is 43.5. The van der Waals surface area contributed by atoms with Crippen LogP contribution in [0.1, 0.15) is 21.5 Å². The lowest BCUT2D eigenvalue weighted by Gasteiger charge is -2.09. The Balaban J connectivity index is 0.00000190. The van der Waals surface area contributed by atoms with Crippen LogP contribution in [0.25, 0.3) is 0 Å². The van der Waals surface area contributed by atoms with Crippen molar-refractivity contribution < 1.29 is 32.6 Å². The van der Waals surface area contributed by atoms with Crippen molar-refractivity contribution in [3.8, 4) is 5.75 Å². The molecule has 0 atom stereocenters. The molecule has 0 fully saturated rings. The quantitative estimate of drug-likeness (QED) is 0.405. The van der Waals surface area contributed by atoms with Gasteiger partial charge in [0.05, 0.1) is 11.1 Å². The minimum absolute atomic E-state index is 0.0519. The molecule has 0 aliphatic heterocycles. The van der Waals surface area contributed by atoms with Gasteiger partial charge >= 0.3 is 6.18 Å². The first kappa shape index (κ1) is 23.3. The Morgan fingerprint density at radius 3 is 2.36 bits per heavy atom. The van der Waals surface area contributed by atoms with E-state index in [2.05, 4.69) is 20.9 Å². The number of nitrogens with zero attached hydrogens (tertiary/aromatic N) is 1. The van der Waals surface area contributed by atoms with Crippen molar-refractivity contribution in [2.24, 2.45) is 10.7 Å². The van der Waals surface area contributed by atoms with Crippen molar-refractivity contribution in [1.82, 2.24) is 0 Å². The van der Waals surface area contributed by atoms with Crippen LogP contribution in [0.15, 0.2) is 51.9 Å². The molecule has 2 aromatic carbocycles. The van der Waals surface area contributed by atoms with Crippen LogP contribution in [0.3, 0.4) is 0 Å². The number of carbonyl (C=O) groups is 2. The number of aliphatic hydroxyl groups excluding tert-OH is 1. The summed E-state index contributed by atoms with van der Waals surface area (Å²) >= 11 is 3.21. The number of amidine groups is 1. The van der Waals surface area contributed by atoms with Gasteiger partial charge in [0.15, 0.2) is 6.29 Å². The number of hydrogen-bond donors (Lipinski definition) is 2. The zero-order valence-corrected chi connectivity index (χ0v) is 16.1. The molecule has 2 rings (SSSR count). The van der Waals surface area contributed by atoms with Gasteiger partial charge < -0.3 is 15.6 Å². The Morgan fingerprint density at radius 1 is 1.21 bits per heavy atom. The number of ether oxygens (including phenoxy) is 1. The van der Waals surface area contributed by atoms with Gasteiger partial charge in [0.25, 0.3) is 5.91 Å². The number of aliphatic imine (C=N–C) groups is 1. The number of carbonyl (C=O) groups excluding carboxylic acids is 2. The molecule has 0 saturated carbocycles. The van der Waals surface area contributed by atoms with E-state index < -0.39 is 17.6 Å². The molecule has 3 N–H and O–H groups in total. The molecular weight excluding hydrogens is 445 g/mol. The van der Waals surface area contributed by atoms with Gasteiger partial charge in [-0.1, -0.05) is 28.1 Å². The van der Waals surface area contributed by atoms with Gasteiger partial charge in [0.2, 0.25) is 0 Å². The maximum Gasteiger partial charge on any atom is 0.416 e. The second-order valence-electron chi connectivity index (χ2n) is 5.00. The van der Waals surface area contributed by atoms with E-state index in [0.717, 1.165) is 31.4 Å². The lowest BCUT2D eigenvalue weighted by molar-refractivity contribution is -0.137. The number of nitrogens with two attached hydrogens (primary N) is 1. The summed E-state index contributed by atoms with van der Waals surface area (Å²) in [6.45, 7) is -0.250. The van der Waals surface area contributed by atoms with Crippen molar-refractivity contribution in [2.75, 3.05) is 13.7 Å². The molecule has 6 nitrogen and oxygen atoms in total. The van der Waals surface area contributed by atoms with Crippen LogP contribution in [0, 0.1) is 0 Å². The molecule has 10 heteroatoms. The fraction of sp³-hybridized carbons (Fsp3) is 0.167. The van der Waals surface area contributed by atoms with E-state index in [9.17, 15) is 22.8 Å². The Bertz CT molecular complexity index is 853. The highest BCUT2D eigenvalue weighted by atomic mass is 79.9. The Hall–Kier alpha value is -2.72. The van der Waals surface area contributed by atoms with Crippen LogP contribution in [-0.2, 0) is 11.0 Å². The maximum atomic E-state index is 12.6. The standard InChI is InChI=1S/C17H12BrF3N2O3.CH4O/c18-12-5-6-14(26-8-7-24)13(9-12)16(25)23-15(22)10-1-3-11(4-2-10)17(19,20)21;1-2/h1-7,9H,8H2,(H2,22,23,25);2H,1H3. The molecule has 0 aromatic heterocycles. The molecule has 0 unspecified atom stereocenters. The summed E-state index contributed by atoms with van der Waals surface area (Å²) in [5.74, 6) is -0.871. The van der Waals surface area contributed by atoms with E-state index in [1.165, 1.54) is 12.1 Å². The van der Waals surface area contributed by atoms with E-state index >= 15 is 0 Å². The highest BCUT2D eigenvalue weighted by molar-refractivity contribution is 9.10. The summed E-state index contributed by atoms with van der Waals surface area (Å²) in [4.78, 5) is 26.5. The number of alkyl halides is 3. The van der Waals surface area contributed by atoms with Crippen LogP contribution in [0.4, 0.5) is 13.2 Å². The van der Waals surface area contributed by atoms with Gasteiger partial charge in [-0.05, 0) is 30.3 Å². The second kappa shape index (κ2) is 10.6. The van der Waals surface area contributed by atoms with E-state index in [1.54, 1.807) is 6.07 Å². The van der Waals surface area contributed by atoms with Crippen molar-refractivity contribution in [1.29, 1.82) is 0 Å². The van der Waals surface area contributed by atoms with Gasteiger partial charge in [-0.15, -0.1) is 0 Å². The molecule has 0 saturated heterocycles. The molecule has 0 aliphatic rings. The molecule has 0 radical (unpaired) electrons. The molecule has 28 heavy (non-hydrogen) atoms. The highest BCUT2D eigenvalue weighted by Crippen LogP contribution is 2.29. The van der Waals surface area contributed by atoms with Crippen LogP contribution in [-0.4, -0.2) is 36.9 Å². The SMILES string of the molecule is CO.NC(=NC(=O)c1cc(Br)ccc1OCC=O)c1ccc(C(F)(F)F)cc1. The lowest BCUT2D eigenvalue weighted by atomic mass is 10.1. The molecule has 2 aromatic rings. The lowest BCUT2D eigenvalue weighted by Crippen LogP contribution is -2.17. The smallest absolute Gasteiger partial charge is 0.416 e. The average Bonchev–Trinajstić information content (AvgIpc) is 2.68. The zero-order valence-electron chi connectivity index (χ0n) is 14.5. The van der Waals surface area contributed by atoms with E-state index in [0.29, 0.717) is 10.8 Å². The molecule has 0 spiro atoms. The van der Waals surface area contributed by atoms with Crippen molar-refractivity contribution in [2.45, 2.75) is 6.18 Å². The molecule has 0 aliphatic carbocycles. The molecule has 1 amide bonds. The molecule has 0 bridgehead atoms. The van der Waals surface area contributed by atoms with Gasteiger partial charge in [0.1, 0.15) is 18.2 Å². The van der Waals surface area contributed by atoms with Gasteiger partial charge in [0, 0.05) is 17.1 Å². The van der Waals surface area contributed by atoms with E-state index in [4.69, 9.17) is 15.6 Å². The molecular formula is C18H16BrF3N2O4. The summed E-state index contributed by atoms with van der Waals surface area (Å²) in [6.07, 6.45) is -3.95. The predicted molar refractivity (Wildman–Crippen MR) is 100 cm³/mol. The fourth-order valence-electron chi connectivity index (χ4n) is 1.98. The number of aldehydes is 1. The third-order valence-electron chi connectivity index (χ3n) is 3.21. The van der Waals surface area contributed by atoms with E-state index in [-0.39, 0.29) is 29.3 Å². The minimum Gasteiger partial charge on any atom is -0.485 e. The topological polar surface area (TPSA) is 102 Å². The number of benzene rings is 2. The van der Waals surface area contributed by atoms with Crippen LogP contribution < -0.4 is 10.5 Å². The number of halogens is 4. The maximum absolute atomic E-state index is 12.6. The summed E-state index contributed by atoms with van der Waals surface area (Å²) in [7, 11) is 1.00. The van der Waals surface area contributed by atoms with E-state index in [1.807, 2.05) is 0 Å². The predicted octanol–water partition coefficient (Wildman–Crippen LogP) is 3.20. The number of hydrogen-bond acceptors (Lipinski definition) is 4. The average molecular weight is 461 g/mol. The summed E-state index contributed by atoms with van der Waals surface area (Å²) in [5.41, 5.74) is 5.10. The minimum atomic E-state index is -4.47. The summed E-state index contributed by atoms with van der Waals surface area (Å²) in [6, 6.07) is 8.47. The first-order chi connectivity index (χ1) is 13.2. The monoisotopic (exact) mass is 460 g/mol. The highest BCUT2D eigenvalue weighted by Gasteiger charge is 2.30. The van der Waals surface area contributed by atoms with Crippen LogP contribution in [0.5, 0.6) is 5.75 Å². The largest absolute Gasteiger partial charge is 0.485 e. The second-order valence-corrected chi connectivity index (χ2v) is 5.91. The van der Waals surface area contributed by atoms with Crippen molar-refractivity contribution in [3.63, 3.8) is 0 Å². The Morgan fingerprint density at radius 2 is 1.82 bits per heavy atom. The third-order valence-corrected chi connectivity index (χ3v) is 3.70. The number of aliphatic hydroxyl groups is 1. The first-order valence-electron chi connectivity index (χ1n) is 7.59. The van der Waals surface area contributed by atoms with Crippen molar-refractivity contribution >= 4 is 34.0 Å². The fourth-order valence-corrected chi connectivity index (χ4v) is 2.34. The third kappa shape index (κ3) is 6.46. The van der Waals surface area contributed by atoms with Crippen LogP contribution >= 0.6 is 15.9 Å². The Kier molecular flexibility index (Phi) is 8.80. The molecule has 150 valence electrons. The van der Waals surface area contributed by atoms with Crippen molar-refractivity contribution in [3.05, 3.63) is 63.6 Å². The van der Waals surface area contributed by atoms with Gasteiger partial charge in [-0.25, -0.2) is 0 Å². The normalized spacial score (nSPS) is 11.3. The van der Waals surface area contributed by atoms with Gasteiger partial charge in [-0.2, -0.15) is 18.2 Å². The summed E-state index contributed by atoms with van der Waals surface area (Å²) in [5, 5.41) is 7.00. The van der Waals surface area contributed by atoms with Gasteiger partial charge in [-0.3, -0.25) is 9.59 Å². The first-order valence-corrected chi connectivity index (χ1v) is 8.38. The molecule has 0 heterocycles. The number of rotatable bonds is 5. The zero-order chi connectivity index (χ0) is 21.3. The van der Waals surface area contributed by atoms with Crippen LogP contribution in [0.2, 0.25) is 0 Å². The Labute approximate surface area is 167 Å². The number of amides is 1.